The van der Waals surface area contributed by atoms with Gasteiger partial charge in [0.1, 0.15) is 18.6 Å². The average molecular weight is 495 g/mol. The molecule has 35 heavy (non-hydrogen) atoms. The summed E-state index contributed by atoms with van der Waals surface area (Å²) in [5, 5.41) is 31.6. The Morgan fingerprint density at radius 2 is 1.51 bits per heavy atom. The van der Waals surface area contributed by atoms with Gasteiger partial charge in [0.05, 0.1) is 12.7 Å². The number of aliphatic hydroxyl groups is 2. The predicted octanol–water partition coefficient (Wildman–Crippen LogP) is -1.71. The van der Waals surface area contributed by atoms with Crippen LogP contribution >= 0.6 is 0 Å². The summed E-state index contributed by atoms with van der Waals surface area (Å²) in [5.74, 6) is -0.238. The number of hydroxylamine groups is 2. The summed E-state index contributed by atoms with van der Waals surface area (Å²) in [6.07, 6.45) is -0.935. The number of aromatic nitrogens is 4. The van der Waals surface area contributed by atoms with Gasteiger partial charge in [-0.05, 0) is 32.6 Å². The number of nitrogens with one attached hydrogen (secondary N) is 2. The number of aliphatic hydroxyl groups excluding tert-OH is 2. The molecule has 0 bridgehead atoms. The van der Waals surface area contributed by atoms with Crippen molar-refractivity contribution in [3.63, 3.8) is 0 Å². The summed E-state index contributed by atoms with van der Waals surface area (Å²) in [5.41, 5.74) is -1.65. The molecule has 5 N–H and O–H groups in total. The highest BCUT2D eigenvalue weighted by molar-refractivity contribution is 5.03. The van der Waals surface area contributed by atoms with Crippen LogP contribution in [-0.2, 0) is 9.47 Å². The fourth-order valence-electron chi connectivity index (χ4n) is 4.56. The number of ether oxygens (including phenoxy) is 2. The molecular formula is C21H29N5O9. The fraction of sp³-hybridized carbons (Fsp3) is 0.619. The van der Waals surface area contributed by atoms with Gasteiger partial charge < -0.3 is 24.9 Å². The standard InChI is InChI=1S/C21H29N5O9/c1-10-7-24(20(31)22-17(10)29)15-5-12(14(9-27)34-15)3-4-26(33)19-13(28)6-16(35-19)25-8-11(2)18(30)23-21(25)32/h7-8,12-16,19,27-28,33H,3-6,9H2,1-2H3,(H,22,29,31)(H,23,30,32)/t12-,13?,14+,15+,16?,19?/m0/s1. The number of H-pyrrole nitrogens is 2. The summed E-state index contributed by atoms with van der Waals surface area (Å²) in [4.78, 5) is 52.0. The van der Waals surface area contributed by atoms with Gasteiger partial charge in [0.25, 0.3) is 11.1 Å². The molecule has 2 aliphatic heterocycles. The summed E-state index contributed by atoms with van der Waals surface area (Å²) in [6.45, 7) is 2.84. The highest BCUT2D eigenvalue weighted by atomic mass is 16.6. The zero-order chi connectivity index (χ0) is 25.4. The third kappa shape index (κ3) is 5.07. The normalized spacial score (nSPS) is 28.7. The fourth-order valence-corrected chi connectivity index (χ4v) is 4.56. The van der Waals surface area contributed by atoms with E-state index in [2.05, 4.69) is 9.97 Å². The molecule has 14 nitrogen and oxygen atoms in total. The SMILES string of the molecule is Cc1cn(C2CC(O)C(N(O)CC[C@H]3C[C@H](n4cc(C)c(=O)[nH]c4=O)O[C@@H]3CO)O2)c(=O)[nH]c1=O. The zero-order valence-corrected chi connectivity index (χ0v) is 19.3. The number of nitrogens with zero attached hydrogens (tertiary/aromatic N) is 3. The van der Waals surface area contributed by atoms with Crippen molar-refractivity contribution in [3.05, 3.63) is 65.2 Å². The molecule has 6 atom stereocenters. The number of hydrogen-bond donors (Lipinski definition) is 5. The summed E-state index contributed by atoms with van der Waals surface area (Å²) >= 11 is 0. The topological polar surface area (TPSA) is 192 Å². The van der Waals surface area contributed by atoms with E-state index in [-0.39, 0.29) is 25.5 Å². The van der Waals surface area contributed by atoms with Crippen molar-refractivity contribution in [2.24, 2.45) is 5.92 Å². The minimum Gasteiger partial charge on any atom is -0.394 e. The third-order valence-corrected chi connectivity index (χ3v) is 6.55. The van der Waals surface area contributed by atoms with Gasteiger partial charge in [-0.3, -0.25) is 28.7 Å². The Hall–Kier alpha value is -2.88. The lowest BCUT2D eigenvalue weighted by Gasteiger charge is -2.26. The van der Waals surface area contributed by atoms with Crippen molar-refractivity contribution in [2.45, 2.75) is 64.0 Å². The molecule has 2 aliphatic rings. The predicted molar refractivity (Wildman–Crippen MR) is 119 cm³/mol. The molecule has 0 aromatic carbocycles. The van der Waals surface area contributed by atoms with Crippen molar-refractivity contribution < 1.29 is 24.9 Å². The minimum absolute atomic E-state index is 0.0233. The molecule has 0 radical (unpaired) electrons. The summed E-state index contributed by atoms with van der Waals surface area (Å²) in [7, 11) is 0. The van der Waals surface area contributed by atoms with Crippen LogP contribution in [0.3, 0.4) is 0 Å². The van der Waals surface area contributed by atoms with Crippen LogP contribution in [0.1, 0.15) is 42.8 Å². The quantitative estimate of drug-likeness (QED) is 0.276. The van der Waals surface area contributed by atoms with E-state index in [1.165, 1.54) is 23.9 Å². The Morgan fingerprint density at radius 1 is 0.971 bits per heavy atom. The van der Waals surface area contributed by atoms with Crippen LogP contribution in [0.2, 0.25) is 0 Å². The van der Waals surface area contributed by atoms with Crippen LogP contribution in [-0.4, -0.2) is 71.2 Å². The van der Waals surface area contributed by atoms with E-state index in [4.69, 9.17) is 9.47 Å². The molecule has 2 aromatic rings. The van der Waals surface area contributed by atoms with E-state index >= 15 is 0 Å². The second-order valence-corrected chi connectivity index (χ2v) is 9.00. The first-order valence-electron chi connectivity index (χ1n) is 11.3. The van der Waals surface area contributed by atoms with Crippen molar-refractivity contribution in [1.29, 1.82) is 0 Å². The second-order valence-electron chi connectivity index (χ2n) is 9.00. The molecule has 0 saturated carbocycles. The van der Waals surface area contributed by atoms with Crippen LogP contribution in [0.5, 0.6) is 0 Å². The smallest absolute Gasteiger partial charge is 0.330 e. The largest absolute Gasteiger partial charge is 0.394 e. The first kappa shape index (κ1) is 25.2. The Morgan fingerprint density at radius 3 is 2.06 bits per heavy atom. The van der Waals surface area contributed by atoms with Gasteiger partial charge >= 0.3 is 11.4 Å². The van der Waals surface area contributed by atoms with Crippen LogP contribution in [0.25, 0.3) is 0 Å². The van der Waals surface area contributed by atoms with Crippen molar-refractivity contribution in [3.8, 4) is 0 Å². The van der Waals surface area contributed by atoms with Crippen molar-refractivity contribution in [1.82, 2.24) is 24.2 Å². The van der Waals surface area contributed by atoms with Gasteiger partial charge in [0.2, 0.25) is 0 Å². The van der Waals surface area contributed by atoms with E-state index in [0.717, 1.165) is 9.63 Å². The van der Waals surface area contributed by atoms with Crippen LogP contribution in [0, 0.1) is 19.8 Å². The van der Waals surface area contributed by atoms with Gasteiger partial charge in [0.15, 0.2) is 6.23 Å². The molecule has 4 heterocycles. The molecule has 0 aliphatic carbocycles. The van der Waals surface area contributed by atoms with E-state index in [1.54, 1.807) is 6.92 Å². The zero-order valence-electron chi connectivity index (χ0n) is 19.3. The maximum Gasteiger partial charge on any atom is 0.330 e. The van der Waals surface area contributed by atoms with E-state index in [1.807, 2.05) is 0 Å². The lowest BCUT2D eigenvalue weighted by atomic mass is 9.97. The maximum absolute atomic E-state index is 12.2. The van der Waals surface area contributed by atoms with Crippen LogP contribution in [0.4, 0.5) is 0 Å². The molecule has 0 amide bonds. The number of rotatable bonds is 7. The van der Waals surface area contributed by atoms with Crippen molar-refractivity contribution >= 4 is 0 Å². The third-order valence-electron chi connectivity index (χ3n) is 6.55. The number of hydrogen-bond acceptors (Lipinski definition) is 10. The highest BCUT2D eigenvalue weighted by Crippen LogP contribution is 2.35. The van der Waals surface area contributed by atoms with E-state index in [0.29, 0.717) is 24.0 Å². The molecule has 0 spiro atoms. The first-order chi connectivity index (χ1) is 16.6. The first-order valence-corrected chi connectivity index (χ1v) is 11.3. The van der Waals surface area contributed by atoms with Crippen molar-refractivity contribution in [2.75, 3.05) is 13.2 Å². The number of aromatic amines is 2. The molecule has 2 aromatic heterocycles. The van der Waals surface area contributed by atoms with Gasteiger partial charge in [-0.1, -0.05) is 0 Å². The average Bonchev–Trinajstić information content (AvgIpc) is 3.40. The maximum atomic E-state index is 12.2. The molecule has 3 unspecified atom stereocenters. The second kappa shape index (κ2) is 10.0. The molecule has 14 heteroatoms. The Bertz CT molecular complexity index is 1300. The van der Waals surface area contributed by atoms with Gasteiger partial charge in [-0.25, -0.2) is 9.59 Å². The van der Waals surface area contributed by atoms with E-state index < -0.39 is 53.4 Å². The van der Waals surface area contributed by atoms with Gasteiger partial charge in [-0.2, -0.15) is 5.06 Å². The summed E-state index contributed by atoms with van der Waals surface area (Å²) < 4.78 is 14.0. The monoisotopic (exact) mass is 495 g/mol. The van der Waals surface area contributed by atoms with Crippen LogP contribution < -0.4 is 22.5 Å². The summed E-state index contributed by atoms with van der Waals surface area (Å²) in [6, 6.07) is 0. The molecular weight excluding hydrogens is 466 g/mol. The lowest BCUT2D eigenvalue weighted by Crippen LogP contribution is -2.41. The Balaban J connectivity index is 1.40. The molecule has 4 rings (SSSR count). The Labute approximate surface area is 197 Å². The number of aryl methyl sites for hydroxylation is 2. The minimum atomic E-state index is -1.12. The highest BCUT2D eigenvalue weighted by Gasteiger charge is 2.41. The lowest BCUT2D eigenvalue weighted by molar-refractivity contribution is -0.237. The van der Waals surface area contributed by atoms with Crippen LogP contribution in [0.15, 0.2) is 31.6 Å². The van der Waals surface area contributed by atoms with Gasteiger partial charge in [-0.15, -0.1) is 0 Å². The molecule has 192 valence electrons. The Kier molecular flexibility index (Phi) is 7.21. The van der Waals surface area contributed by atoms with E-state index in [9.17, 15) is 34.6 Å². The molecule has 2 saturated heterocycles. The molecule has 2 fully saturated rings. The van der Waals surface area contributed by atoms with Gasteiger partial charge in [0, 0.05) is 36.5 Å².